The Morgan fingerprint density at radius 1 is 1.47 bits per heavy atom. The van der Waals surface area contributed by atoms with Crippen LogP contribution in [0.15, 0.2) is 6.07 Å². The molecule has 1 aromatic rings. The van der Waals surface area contributed by atoms with Gasteiger partial charge in [-0.15, -0.1) is 0 Å². The highest BCUT2D eigenvalue weighted by Gasteiger charge is 2.53. The number of carbonyl (C=O) groups is 1. The molecule has 1 saturated heterocycles. The van der Waals surface area contributed by atoms with Crippen molar-refractivity contribution < 1.29 is 9.90 Å². The SMILES string of the molecule is CCc1cc(C(=O)N2CC(O)(C3CC3)C2)n(CC)n1. The largest absolute Gasteiger partial charge is 0.386 e. The minimum Gasteiger partial charge on any atom is -0.386 e. The van der Waals surface area contributed by atoms with Gasteiger partial charge in [-0.05, 0) is 38.2 Å². The van der Waals surface area contributed by atoms with E-state index < -0.39 is 5.60 Å². The van der Waals surface area contributed by atoms with Crippen LogP contribution < -0.4 is 0 Å². The van der Waals surface area contributed by atoms with Gasteiger partial charge in [0.15, 0.2) is 0 Å². The summed E-state index contributed by atoms with van der Waals surface area (Å²) < 4.78 is 1.76. The Bertz CT molecular complexity index is 499. The van der Waals surface area contributed by atoms with E-state index in [0.29, 0.717) is 31.2 Å². The van der Waals surface area contributed by atoms with Crippen molar-refractivity contribution in [3.63, 3.8) is 0 Å². The summed E-state index contributed by atoms with van der Waals surface area (Å²) in [5.74, 6) is 0.415. The molecule has 1 aromatic heterocycles. The van der Waals surface area contributed by atoms with E-state index in [9.17, 15) is 9.90 Å². The molecule has 1 aliphatic carbocycles. The molecule has 5 nitrogen and oxygen atoms in total. The number of hydrogen-bond acceptors (Lipinski definition) is 3. The van der Waals surface area contributed by atoms with Crippen LogP contribution in [0.5, 0.6) is 0 Å². The molecule has 0 unspecified atom stereocenters. The summed E-state index contributed by atoms with van der Waals surface area (Å²) in [5, 5.41) is 14.7. The Labute approximate surface area is 113 Å². The average Bonchev–Trinajstić information content (AvgIpc) is 3.14. The van der Waals surface area contributed by atoms with Crippen molar-refractivity contribution in [1.82, 2.24) is 14.7 Å². The number of β-amino-alcohol motifs (C(OH)–C–C–N with tert-alkyl or cyclic N) is 1. The number of rotatable bonds is 4. The summed E-state index contributed by atoms with van der Waals surface area (Å²) in [6.07, 6.45) is 3.04. The third kappa shape index (κ3) is 2.06. The molecule has 0 spiro atoms. The second kappa shape index (κ2) is 4.34. The standard InChI is InChI=1S/C14H21N3O2/c1-3-11-7-12(17(4-2)15-11)13(18)16-8-14(19,9-16)10-5-6-10/h7,10,19H,3-6,8-9H2,1-2H3. The molecule has 1 N–H and O–H groups in total. The lowest BCUT2D eigenvalue weighted by Crippen LogP contribution is -2.64. The van der Waals surface area contributed by atoms with Crippen molar-refractivity contribution >= 4 is 5.91 Å². The Morgan fingerprint density at radius 3 is 2.68 bits per heavy atom. The Morgan fingerprint density at radius 2 is 2.16 bits per heavy atom. The van der Waals surface area contributed by atoms with Gasteiger partial charge in [0.05, 0.1) is 18.8 Å². The van der Waals surface area contributed by atoms with Crippen LogP contribution in [-0.2, 0) is 13.0 Å². The monoisotopic (exact) mass is 263 g/mol. The van der Waals surface area contributed by atoms with Crippen molar-refractivity contribution in [2.45, 2.75) is 45.3 Å². The van der Waals surface area contributed by atoms with Crippen molar-refractivity contribution in [3.05, 3.63) is 17.5 Å². The molecule has 104 valence electrons. The van der Waals surface area contributed by atoms with Crippen LogP contribution in [0, 0.1) is 5.92 Å². The lowest BCUT2D eigenvalue weighted by molar-refractivity contribution is -0.0961. The van der Waals surface area contributed by atoms with Crippen LogP contribution >= 0.6 is 0 Å². The minimum atomic E-state index is -0.611. The fourth-order valence-electron chi connectivity index (χ4n) is 2.86. The number of carbonyl (C=O) groups excluding carboxylic acids is 1. The molecule has 3 rings (SSSR count). The van der Waals surface area contributed by atoms with Crippen LogP contribution in [0.3, 0.4) is 0 Å². The normalized spacial score (nSPS) is 21.3. The van der Waals surface area contributed by atoms with Gasteiger partial charge in [0, 0.05) is 6.54 Å². The quantitative estimate of drug-likeness (QED) is 0.883. The first kappa shape index (κ1) is 12.7. The number of aryl methyl sites for hydroxylation is 2. The molecule has 0 atom stereocenters. The van der Waals surface area contributed by atoms with Crippen LogP contribution in [-0.4, -0.2) is 44.4 Å². The zero-order valence-corrected chi connectivity index (χ0v) is 11.6. The molecule has 0 aromatic carbocycles. The summed E-state index contributed by atoms with van der Waals surface area (Å²) in [6.45, 7) is 5.67. The van der Waals surface area contributed by atoms with Crippen LogP contribution in [0.25, 0.3) is 0 Å². The molecule has 2 aliphatic rings. The van der Waals surface area contributed by atoms with E-state index in [2.05, 4.69) is 5.10 Å². The first-order valence-electron chi connectivity index (χ1n) is 7.15. The van der Waals surface area contributed by atoms with Crippen LogP contribution in [0.2, 0.25) is 0 Å². The topological polar surface area (TPSA) is 58.4 Å². The second-order valence-corrected chi connectivity index (χ2v) is 5.73. The molecule has 0 radical (unpaired) electrons. The Hall–Kier alpha value is -1.36. The fraction of sp³-hybridized carbons (Fsp3) is 0.714. The Kier molecular flexibility index (Phi) is 2.89. The van der Waals surface area contributed by atoms with E-state index in [1.54, 1.807) is 9.58 Å². The number of nitrogens with zero attached hydrogens (tertiary/aromatic N) is 3. The Balaban J connectivity index is 1.72. The molecule has 1 amide bonds. The van der Waals surface area contributed by atoms with Gasteiger partial charge in [-0.25, -0.2) is 0 Å². The summed E-state index contributed by atoms with van der Waals surface area (Å²) in [5.41, 5.74) is 0.987. The zero-order chi connectivity index (χ0) is 13.6. The number of amides is 1. The maximum atomic E-state index is 12.4. The number of hydrogen-bond donors (Lipinski definition) is 1. The zero-order valence-electron chi connectivity index (χ0n) is 11.6. The molecule has 19 heavy (non-hydrogen) atoms. The van der Waals surface area contributed by atoms with Crippen LogP contribution in [0.1, 0.15) is 42.9 Å². The molecule has 2 heterocycles. The predicted molar refractivity (Wildman–Crippen MR) is 70.9 cm³/mol. The van der Waals surface area contributed by atoms with Gasteiger partial charge >= 0.3 is 0 Å². The summed E-state index contributed by atoms with van der Waals surface area (Å²) in [4.78, 5) is 14.2. The highest BCUT2D eigenvalue weighted by atomic mass is 16.3. The predicted octanol–water partition coefficient (Wildman–Crippen LogP) is 1.06. The van der Waals surface area contributed by atoms with Gasteiger partial charge in [0.2, 0.25) is 0 Å². The van der Waals surface area contributed by atoms with Gasteiger partial charge in [0.25, 0.3) is 5.91 Å². The van der Waals surface area contributed by atoms with E-state index in [0.717, 1.165) is 25.0 Å². The maximum absolute atomic E-state index is 12.4. The third-order valence-electron chi connectivity index (χ3n) is 4.27. The van der Waals surface area contributed by atoms with Gasteiger partial charge in [-0.3, -0.25) is 9.48 Å². The molecular formula is C14H21N3O2. The van der Waals surface area contributed by atoms with E-state index in [4.69, 9.17) is 0 Å². The molecule has 0 bridgehead atoms. The van der Waals surface area contributed by atoms with E-state index >= 15 is 0 Å². The molecule has 5 heteroatoms. The van der Waals surface area contributed by atoms with Gasteiger partial charge in [-0.1, -0.05) is 6.92 Å². The second-order valence-electron chi connectivity index (χ2n) is 5.73. The highest BCUT2D eigenvalue weighted by molar-refractivity contribution is 5.93. The van der Waals surface area contributed by atoms with Crippen molar-refractivity contribution in [2.75, 3.05) is 13.1 Å². The van der Waals surface area contributed by atoms with Gasteiger partial charge < -0.3 is 10.0 Å². The van der Waals surface area contributed by atoms with E-state index in [-0.39, 0.29) is 5.91 Å². The van der Waals surface area contributed by atoms with Crippen molar-refractivity contribution in [1.29, 1.82) is 0 Å². The molecule has 1 saturated carbocycles. The van der Waals surface area contributed by atoms with Crippen molar-refractivity contribution in [3.8, 4) is 0 Å². The third-order valence-corrected chi connectivity index (χ3v) is 4.27. The highest BCUT2D eigenvalue weighted by Crippen LogP contribution is 2.44. The fourth-order valence-corrected chi connectivity index (χ4v) is 2.86. The summed E-state index contributed by atoms with van der Waals surface area (Å²) in [6, 6.07) is 1.88. The first-order valence-corrected chi connectivity index (χ1v) is 7.15. The maximum Gasteiger partial charge on any atom is 0.272 e. The lowest BCUT2D eigenvalue weighted by Gasteiger charge is -2.46. The van der Waals surface area contributed by atoms with E-state index in [1.165, 1.54) is 0 Å². The molecule has 1 aliphatic heterocycles. The first-order chi connectivity index (χ1) is 9.07. The average molecular weight is 263 g/mol. The van der Waals surface area contributed by atoms with Crippen LogP contribution in [0.4, 0.5) is 0 Å². The van der Waals surface area contributed by atoms with Crippen molar-refractivity contribution in [2.24, 2.45) is 5.92 Å². The number of aromatic nitrogens is 2. The van der Waals surface area contributed by atoms with Gasteiger partial charge in [0.1, 0.15) is 11.3 Å². The molecular weight excluding hydrogens is 242 g/mol. The van der Waals surface area contributed by atoms with Gasteiger partial charge in [-0.2, -0.15) is 5.10 Å². The number of aliphatic hydroxyl groups is 1. The minimum absolute atomic E-state index is 0.000579. The van der Waals surface area contributed by atoms with E-state index in [1.807, 2.05) is 19.9 Å². The smallest absolute Gasteiger partial charge is 0.272 e. The lowest BCUT2D eigenvalue weighted by atomic mass is 9.88. The molecule has 2 fully saturated rings. The number of likely N-dealkylation sites (tertiary alicyclic amines) is 1. The summed E-state index contributed by atoms with van der Waals surface area (Å²) >= 11 is 0. The summed E-state index contributed by atoms with van der Waals surface area (Å²) in [7, 11) is 0.